The molecule has 2 aliphatic heterocycles. The van der Waals surface area contributed by atoms with E-state index in [0.717, 1.165) is 24.3 Å². The van der Waals surface area contributed by atoms with Gasteiger partial charge in [-0.3, -0.25) is 4.90 Å². The van der Waals surface area contributed by atoms with Crippen molar-refractivity contribution in [3.8, 4) is 29.1 Å². The molecule has 0 amide bonds. The SMILES string of the molecule is COc1c2c(cc3c1C(C#CC(C)O)N(C)CC3)OCO2. The van der Waals surface area contributed by atoms with Gasteiger partial charge in [0.25, 0.3) is 0 Å². The van der Waals surface area contributed by atoms with Gasteiger partial charge in [0.1, 0.15) is 12.1 Å². The molecule has 0 bridgehead atoms. The van der Waals surface area contributed by atoms with Gasteiger partial charge in [-0.15, -0.1) is 0 Å². The Balaban J connectivity index is 2.14. The third kappa shape index (κ3) is 2.41. The van der Waals surface area contributed by atoms with Gasteiger partial charge in [-0.25, -0.2) is 0 Å². The van der Waals surface area contributed by atoms with Crippen LogP contribution < -0.4 is 14.2 Å². The van der Waals surface area contributed by atoms with E-state index in [0.29, 0.717) is 11.5 Å². The maximum absolute atomic E-state index is 9.43. The summed E-state index contributed by atoms with van der Waals surface area (Å²) in [4.78, 5) is 2.16. The lowest BCUT2D eigenvalue weighted by atomic mass is 9.91. The van der Waals surface area contributed by atoms with Crippen molar-refractivity contribution in [1.29, 1.82) is 0 Å². The maximum atomic E-state index is 9.43. The highest BCUT2D eigenvalue weighted by molar-refractivity contribution is 5.62. The number of aliphatic hydroxyl groups is 1. The Hall–Kier alpha value is -1.90. The molecule has 1 N–H and O–H groups in total. The summed E-state index contributed by atoms with van der Waals surface area (Å²) in [5, 5.41) is 9.43. The minimum atomic E-state index is -0.649. The van der Waals surface area contributed by atoms with Crippen LogP contribution in [0.1, 0.15) is 24.1 Å². The number of aliphatic hydroxyl groups excluding tert-OH is 1. The van der Waals surface area contributed by atoms with Crippen LogP contribution >= 0.6 is 0 Å². The molecule has 2 unspecified atom stereocenters. The Kier molecular flexibility index (Phi) is 3.66. The second-order valence-corrected chi connectivity index (χ2v) is 5.31. The summed E-state index contributed by atoms with van der Waals surface area (Å²) in [5.41, 5.74) is 2.18. The largest absolute Gasteiger partial charge is 0.492 e. The number of ether oxygens (including phenoxy) is 3. The molecule has 1 aromatic rings. The Morgan fingerprint density at radius 3 is 3.00 bits per heavy atom. The predicted molar refractivity (Wildman–Crippen MR) is 77.6 cm³/mol. The van der Waals surface area contributed by atoms with Crippen LogP contribution in [0.2, 0.25) is 0 Å². The molecule has 0 saturated heterocycles. The number of hydrogen-bond acceptors (Lipinski definition) is 5. The summed E-state index contributed by atoms with van der Waals surface area (Å²) in [5.74, 6) is 8.06. The van der Waals surface area contributed by atoms with Crippen LogP contribution in [0.15, 0.2) is 6.07 Å². The summed E-state index contributed by atoms with van der Waals surface area (Å²) in [6.45, 7) is 2.77. The molecule has 2 aliphatic rings. The van der Waals surface area contributed by atoms with Gasteiger partial charge in [0.15, 0.2) is 11.5 Å². The van der Waals surface area contributed by atoms with Crippen LogP contribution in [-0.2, 0) is 6.42 Å². The molecule has 112 valence electrons. The number of methoxy groups -OCH3 is 1. The van der Waals surface area contributed by atoms with Gasteiger partial charge < -0.3 is 19.3 Å². The molecule has 21 heavy (non-hydrogen) atoms. The van der Waals surface area contributed by atoms with E-state index in [1.54, 1.807) is 14.0 Å². The highest BCUT2D eigenvalue weighted by atomic mass is 16.7. The maximum Gasteiger partial charge on any atom is 0.231 e. The number of likely N-dealkylation sites (N-methyl/N-ethyl adjacent to an activating group) is 1. The van der Waals surface area contributed by atoms with E-state index in [2.05, 4.69) is 16.7 Å². The number of rotatable bonds is 1. The zero-order valence-corrected chi connectivity index (χ0v) is 12.5. The van der Waals surface area contributed by atoms with Gasteiger partial charge >= 0.3 is 0 Å². The summed E-state index contributed by atoms with van der Waals surface area (Å²) < 4.78 is 16.6. The van der Waals surface area contributed by atoms with Crippen LogP contribution in [0.4, 0.5) is 0 Å². The molecule has 0 radical (unpaired) electrons. The van der Waals surface area contributed by atoms with E-state index >= 15 is 0 Å². The van der Waals surface area contributed by atoms with Crippen molar-refractivity contribution in [2.24, 2.45) is 0 Å². The lowest BCUT2D eigenvalue weighted by molar-refractivity contribution is 0.171. The van der Waals surface area contributed by atoms with Gasteiger partial charge in [0.2, 0.25) is 12.5 Å². The molecule has 2 heterocycles. The standard InChI is InChI=1S/C16H19NO4/c1-10(18)4-5-12-14-11(6-7-17(12)2)8-13-15(16(14)19-3)21-9-20-13/h8,10,12,18H,6-7,9H2,1-3H3. The van der Waals surface area contributed by atoms with Gasteiger partial charge in [-0.2, -0.15) is 0 Å². The van der Waals surface area contributed by atoms with E-state index in [1.165, 1.54) is 5.56 Å². The first-order valence-electron chi connectivity index (χ1n) is 7.00. The molecule has 0 saturated carbocycles. The minimum Gasteiger partial charge on any atom is -0.492 e. The van der Waals surface area contributed by atoms with Crippen LogP contribution in [0, 0.1) is 11.8 Å². The molecule has 1 aromatic carbocycles. The van der Waals surface area contributed by atoms with Crippen molar-refractivity contribution in [2.45, 2.75) is 25.5 Å². The van der Waals surface area contributed by atoms with Crippen LogP contribution in [0.25, 0.3) is 0 Å². The molecule has 0 fully saturated rings. The van der Waals surface area contributed by atoms with E-state index < -0.39 is 6.10 Å². The highest BCUT2D eigenvalue weighted by Gasteiger charge is 2.33. The number of nitrogens with zero attached hydrogens (tertiary/aromatic N) is 1. The molecule has 3 rings (SSSR count). The molecule has 0 aromatic heterocycles. The quantitative estimate of drug-likeness (QED) is 0.791. The first-order valence-corrected chi connectivity index (χ1v) is 7.00. The fourth-order valence-corrected chi connectivity index (χ4v) is 2.81. The number of hydrogen-bond donors (Lipinski definition) is 1. The Labute approximate surface area is 124 Å². The lowest BCUT2D eigenvalue weighted by Gasteiger charge is -2.32. The number of benzene rings is 1. The van der Waals surface area contributed by atoms with Crippen molar-refractivity contribution in [3.63, 3.8) is 0 Å². The monoisotopic (exact) mass is 289 g/mol. The average Bonchev–Trinajstić information content (AvgIpc) is 2.91. The van der Waals surface area contributed by atoms with Crippen LogP contribution in [0.3, 0.4) is 0 Å². The average molecular weight is 289 g/mol. The smallest absolute Gasteiger partial charge is 0.231 e. The number of fused-ring (bicyclic) bond motifs is 2. The predicted octanol–water partition coefficient (Wildman–Crippen LogP) is 1.34. The Morgan fingerprint density at radius 1 is 1.48 bits per heavy atom. The molecule has 5 heteroatoms. The summed E-state index contributed by atoms with van der Waals surface area (Å²) >= 11 is 0. The second-order valence-electron chi connectivity index (χ2n) is 5.31. The van der Waals surface area contributed by atoms with E-state index in [-0.39, 0.29) is 12.8 Å². The molecule has 5 nitrogen and oxygen atoms in total. The third-order valence-electron chi connectivity index (χ3n) is 3.82. The molecule has 0 spiro atoms. The van der Waals surface area contributed by atoms with Gasteiger partial charge in [0, 0.05) is 12.1 Å². The van der Waals surface area contributed by atoms with Gasteiger partial charge in [-0.05, 0) is 32.0 Å². The van der Waals surface area contributed by atoms with Crippen molar-refractivity contribution >= 4 is 0 Å². The molecule has 2 atom stereocenters. The molecule has 0 aliphatic carbocycles. The van der Waals surface area contributed by atoms with E-state index in [1.807, 2.05) is 13.1 Å². The summed E-state index contributed by atoms with van der Waals surface area (Å²) in [6, 6.07) is 1.90. The summed E-state index contributed by atoms with van der Waals surface area (Å²) in [7, 11) is 3.65. The topological polar surface area (TPSA) is 51.2 Å². The highest BCUT2D eigenvalue weighted by Crippen LogP contribution is 2.49. The molecular weight excluding hydrogens is 270 g/mol. The van der Waals surface area contributed by atoms with Crippen LogP contribution in [-0.4, -0.2) is 43.6 Å². The fourth-order valence-electron chi connectivity index (χ4n) is 2.81. The lowest BCUT2D eigenvalue weighted by Crippen LogP contribution is -2.32. The first-order chi connectivity index (χ1) is 10.1. The van der Waals surface area contributed by atoms with Crippen LogP contribution in [0.5, 0.6) is 17.2 Å². The van der Waals surface area contributed by atoms with Crippen molar-refractivity contribution in [2.75, 3.05) is 27.5 Å². The Morgan fingerprint density at radius 2 is 2.29 bits per heavy atom. The van der Waals surface area contributed by atoms with E-state index in [4.69, 9.17) is 14.2 Å². The minimum absolute atomic E-state index is 0.118. The van der Waals surface area contributed by atoms with Crippen molar-refractivity contribution in [1.82, 2.24) is 4.90 Å². The Bertz CT molecular complexity index is 615. The van der Waals surface area contributed by atoms with Crippen molar-refractivity contribution in [3.05, 3.63) is 17.2 Å². The van der Waals surface area contributed by atoms with Crippen molar-refractivity contribution < 1.29 is 19.3 Å². The second kappa shape index (κ2) is 5.47. The third-order valence-corrected chi connectivity index (χ3v) is 3.82. The molecular formula is C16H19NO4. The fraction of sp³-hybridized carbons (Fsp3) is 0.500. The summed E-state index contributed by atoms with van der Waals surface area (Å²) in [6.07, 6.45) is 0.259. The zero-order valence-electron chi connectivity index (χ0n) is 12.5. The van der Waals surface area contributed by atoms with E-state index in [9.17, 15) is 5.11 Å². The normalized spacial score (nSPS) is 21.2. The van der Waals surface area contributed by atoms with Gasteiger partial charge in [0.05, 0.1) is 7.11 Å². The zero-order chi connectivity index (χ0) is 15.0. The van der Waals surface area contributed by atoms with Gasteiger partial charge in [-0.1, -0.05) is 11.8 Å². The first kappa shape index (κ1) is 14.1.